The monoisotopic (exact) mass is 936 g/mol. The number of esters is 5. The predicted octanol–water partition coefficient (Wildman–Crippen LogP) is 1.34. The van der Waals surface area contributed by atoms with Crippen molar-refractivity contribution in [1.29, 1.82) is 0 Å². The molecule has 0 unspecified atom stereocenters. The number of rotatable bonds is 3. The maximum Gasteiger partial charge on any atom is 0.339 e. The number of fused-ring (bicyclic) bond motifs is 6. The minimum absolute atomic E-state index is 0.331. The Bertz CT molecular complexity index is 3060. The average Bonchev–Trinajstić information content (AvgIpc) is 3.29. The van der Waals surface area contributed by atoms with Gasteiger partial charge in [-0.25, -0.2) is 24.0 Å². The molecule has 0 aromatic heterocycles. The Morgan fingerprint density at radius 1 is 0.433 bits per heavy atom. The van der Waals surface area contributed by atoms with Gasteiger partial charge in [-0.2, -0.15) is 0 Å². The summed E-state index contributed by atoms with van der Waals surface area (Å²) in [5.74, 6) is -29.6. The molecule has 67 heavy (non-hydrogen) atoms. The molecule has 0 spiro atoms. The molecule has 4 bridgehead atoms. The van der Waals surface area contributed by atoms with Crippen molar-refractivity contribution in [1.82, 2.24) is 0 Å². The molecular weight excluding hydrogens is 908 g/mol. The molecule has 26 heteroatoms. The van der Waals surface area contributed by atoms with E-state index in [0.717, 1.165) is 0 Å². The summed E-state index contributed by atoms with van der Waals surface area (Å²) in [4.78, 5) is 70.9. The molecule has 5 atom stereocenters. The molecule has 0 aliphatic carbocycles. The number of hydrogen-bond acceptors (Lipinski definition) is 26. The zero-order valence-corrected chi connectivity index (χ0v) is 32.7. The van der Waals surface area contributed by atoms with Gasteiger partial charge in [-0.3, -0.25) is 0 Å². The molecule has 0 amide bonds. The van der Waals surface area contributed by atoms with Crippen LogP contribution in [0.25, 0.3) is 22.3 Å². The van der Waals surface area contributed by atoms with E-state index in [1.807, 2.05) is 0 Å². The first-order chi connectivity index (χ1) is 31.5. The zero-order chi connectivity index (χ0) is 49.0. The number of ether oxygens (including phenoxy) is 5. The number of aliphatic hydroxyl groups is 1. The van der Waals surface area contributed by atoms with Crippen molar-refractivity contribution in [3.63, 3.8) is 0 Å². The van der Waals surface area contributed by atoms with Crippen molar-refractivity contribution in [3.8, 4) is 108 Å². The van der Waals surface area contributed by atoms with Crippen LogP contribution in [0.3, 0.4) is 0 Å². The van der Waals surface area contributed by atoms with Crippen LogP contribution in [0.5, 0.6) is 86.2 Å². The quantitative estimate of drug-likeness (QED) is 0.0689. The van der Waals surface area contributed by atoms with Crippen LogP contribution in [0, 0.1) is 0 Å². The molecule has 9 rings (SSSR count). The van der Waals surface area contributed by atoms with Crippen LogP contribution < -0.4 is 0 Å². The Morgan fingerprint density at radius 2 is 0.836 bits per heavy atom. The lowest BCUT2D eigenvalue weighted by molar-refractivity contribution is -0.154. The maximum atomic E-state index is 14.6. The minimum atomic E-state index is -2.79. The summed E-state index contributed by atoms with van der Waals surface area (Å²) in [5, 5.41) is 172. The second-order valence-corrected chi connectivity index (χ2v) is 14.7. The maximum absolute atomic E-state index is 14.6. The number of hydrogen-bond donors (Lipinski definition) is 16. The summed E-state index contributed by atoms with van der Waals surface area (Å²) in [6.45, 7) is -1.50. The Kier molecular flexibility index (Phi) is 10.1. The van der Waals surface area contributed by atoms with Crippen molar-refractivity contribution in [3.05, 3.63) is 63.7 Å². The molecule has 5 aromatic rings. The van der Waals surface area contributed by atoms with E-state index in [2.05, 4.69) is 0 Å². The van der Waals surface area contributed by atoms with Crippen LogP contribution in [0.1, 0.15) is 63.5 Å². The van der Waals surface area contributed by atoms with Crippen LogP contribution >= 0.6 is 0 Å². The van der Waals surface area contributed by atoms with E-state index in [1.54, 1.807) is 0 Å². The van der Waals surface area contributed by atoms with Crippen LogP contribution in [0.15, 0.2) is 30.3 Å². The predicted molar refractivity (Wildman–Crippen MR) is 207 cm³/mol. The van der Waals surface area contributed by atoms with Crippen molar-refractivity contribution >= 4 is 29.8 Å². The fourth-order valence-corrected chi connectivity index (χ4v) is 7.72. The third kappa shape index (κ3) is 6.57. The van der Waals surface area contributed by atoms with Gasteiger partial charge in [0.1, 0.15) is 12.7 Å². The van der Waals surface area contributed by atoms with E-state index >= 15 is 0 Å². The molecule has 16 N–H and O–H groups in total. The number of aromatic hydroxyl groups is 15. The number of phenols is 15. The van der Waals surface area contributed by atoms with E-state index in [-0.39, 0.29) is 0 Å². The van der Waals surface area contributed by atoms with Crippen LogP contribution in [0.4, 0.5) is 0 Å². The summed E-state index contributed by atoms with van der Waals surface area (Å²) in [5.41, 5.74) is -11.0. The summed E-state index contributed by atoms with van der Waals surface area (Å²) in [7, 11) is 0. The molecule has 0 saturated heterocycles. The van der Waals surface area contributed by atoms with Gasteiger partial charge in [-0.1, -0.05) is 0 Å². The van der Waals surface area contributed by atoms with Crippen LogP contribution in [0.2, 0.25) is 0 Å². The molecule has 0 radical (unpaired) electrons. The summed E-state index contributed by atoms with van der Waals surface area (Å²) >= 11 is 0. The smallest absolute Gasteiger partial charge is 0.339 e. The van der Waals surface area contributed by atoms with Crippen molar-refractivity contribution < 1.29 is 129 Å². The highest BCUT2D eigenvalue weighted by molar-refractivity contribution is 6.11. The fourth-order valence-electron chi connectivity index (χ4n) is 7.72. The van der Waals surface area contributed by atoms with Gasteiger partial charge in [0.15, 0.2) is 87.7 Å². The highest BCUT2D eigenvalue weighted by Crippen LogP contribution is 2.58. The third-order valence-corrected chi connectivity index (χ3v) is 10.9. The molecule has 5 aromatic carbocycles. The summed E-state index contributed by atoms with van der Waals surface area (Å²) < 4.78 is 27.6. The van der Waals surface area contributed by atoms with Crippen LogP contribution in [-0.4, -0.2) is 143 Å². The molecule has 4 aliphatic heterocycles. The van der Waals surface area contributed by atoms with Gasteiger partial charge in [-0.15, -0.1) is 0 Å². The number of carbonyl (C=O) groups is 5. The first-order valence-corrected chi connectivity index (χ1v) is 18.6. The number of phenolic OH excluding ortho intramolecular Hbond substituents is 15. The average molecular weight is 937 g/mol. The van der Waals surface area contributed by atoms with E-state index in [0.29, 0.717) is 30.3 Å². The molecular formula is C41H28O26. The minimum Gasteiger partial charge on any atom is -0.504 e. The highest BCUT2D eigenvalue weighted by atomic mass is 16.6. The lowest BCUT2D eigenvalue weighted by Gasteiger charge is -2.40. The molecule has 4 heterocycles. The summed E-state index contributed by atoms with van der Waals surface area (Å²) in [6, 6.07) is 2.15. The second kappa shape index (κ2) is 15.3. The molecule has 348 valence electrons. The van der Waals surface area contributed by atoms with Gasteiger partial charge in [0, 0.05) is 27.8 Å². The Hall–Kier alpha value is -9.59. The first kappa shape index (κ1) is 44.0. The lowest BCUT2D eigenvalue weighted by atomic mass is 9.82. The SMILES string of the molecule is O=C(O[C@H]1COC(=O)c2cc(O)c(O)c(O)c2-c2c(cc(O)c(O)c2O)C(=O)O[C@H]1[C@H]1OC(=O)c2cc(O)c(O)c(O)c2-c2c(O)c(O)c(O)c3c2C(=O)O[C@H]1[C@H]3O)c1cc(O)c(O)c(O)c1. The van der Waals surface area contributed by atoms with Crippen molar-refractivity contribution in [2.24, 2.45) is 0 Å². The largest absolute Gasteiger partial charge is 0.504 e. The molecule has 0 fully saturated rings. The van der Waals surface area contributed by atoms with E-state index in [9.17, 15) is 106 Å². The normalized spacial score (nSPS) is 19.9. The van der Waals surface area contributed by atoms with Gasteiger partial charge in [0.05, 0.1) is 27.8 Å². The van der Waals surface area contributed by atoms with Gasteiger partial charge in [0.25, 0.3) is 0 Å². The van der Waals surface area contributed by atoms with Gasteiger partial charge in [0.2, 0.25) is 23.0 Å². The van der Waals surface area contributed by atoms with Crippen LogP contribution in [-0.2, 0) is 23.7 Å². The number of benzene rings is 5. The molecule has 0 saturated carbocycles. The highest BCUT2D eigenvalue weighted by Gasteiger charge is 2.54. The Balaban J connectivity index is 1.42. The Morgan fingerprint density at radius 3 is 1.33 bits per heavy atom. The molecule has 26 nitrogen and oxygen atoms in total. The van der Waals surface area contributed by atoms with Crippen molar-refractivity contribution in [2.75, 3.05) is 6.61 Å². The topological polar surface area (TPSA) is 455 Å². The molecule has 4 aliphatic rings. The number of aliphatic hydroxyl groups excluding tert-OH is 1. The first-order valence-electron chi connectivity index (χ1n) is 18.6. The fraction of sp³-hybridized carbons (Fsp3) is 0.146. The number of cyclic esters (lactones) is 2. The Labute approximate surface area is 368 Å². The van der Waals surface area contributed by atoms with E-state index in [4.69, 9.17) is 23.7 Å². The standard InChI is InChI=1S/C41H28O26/c42-11-1-7(2-12(43)23(11)47)37(58)64-16-6-63-38(59)8-3-13(44)24(48)27(51)17(8)18-9(4-14(45)25(49)28(18)52)39(60)65-34(16)36-35-32(56)22-21(41(62)66-35)20(30(54)33(57)31(22)55)19-10(40(61)67-36)5-15(46)26(50)29(19)53/h1-5,16,32,34-36,42-57H,6H2/t16-,32-,34+,35-,36+/m0/s1. The van der Waals surface area contributed by atoms with Gasteiger partial charge >= 0.3 is 29.8 Å². The second-order valence-electron chi connectivity index (χ2n) is 14.7. The van der Waals surface area contributed by atoms with Crippen molar-refractivity contribution in [2.45, 2.75) is 30.5 Å². The van der Waals surface area contributed by atoms with Gasteiger partial charge < -0.3 is 105 Å². The zero-order valence-electron chi connectivity index (χ0n) is 32.7. The third-order valence-electron chi connectivity index (χ3n) is 10.9. The van der Waals surface area contributed by atoms with E-state index in [1.165, 1.54) is 0 Å². The lowest BCUT2D eigenvalue weighted by Crippen LogP contribution is -2.56. The van der Waals surface area contributed by atoms with E-state index < -0.39 is 209 Å². The summed E-state index contributed by atoms with van der Waals surface area (Å²) in [6.07, 6.45) is -13.4. The number of carbonyl (C=O) groups excluding carboxylic acids is 5. The van der Waals surface area contributed by atoms with Gasteiger partial charge in [-0.05, 0) is 30.3 Å².